The number of benzene rings is 1. The highest BCUT2D eigenvalue weighted by atomic mass is 35.5. The zero-order valence-electron chi connectivity index (χ0n) is 10.9. The Labute approximate surface area is 119 Å². The highest BCUT2D eigenvalue weighted by Crippen LogP contribution is 2.22. The van der Waals surface area contributed by atoms with Gasteiger partial charge in [0.15, 0.2) is 0 Å². The fourth-order valence-corrected chi connectivity index (χ4v) is 2.96. The highest BCUT2D eigenvalue weighted by molar-refractivity contribution is 7.89. The number of nitrogens with one attached hydrogen (secondary N) is 1. The van der Waals surface area contributed by atoms with E-state index in [1.165, 1.54) is 18.2 Å². The number of hydrogen-bond acceptors (Lipinski definition) is 4. The smallest absolute Gasteiger partial charge is 0.242 e. The first-order valence-electron chi connectivity index (χ1n) is 6.01. The van der Waals surface area contributed by atoms with E-state index >= 15 is 0 Å². The molecule has 0 aliphatic heterocycles. The molecule has 0 aromatic heterocycles. The summed E-state index contributed by atoms with van der Waals surface area (Å²) in [4.78, 5) is 0.0637. The number of hydrogen-bond donors (Lipinski definition) is 2. The lowest BCUT2D eigenvalue weighted by atomic mass is 10.2. The average molecular weight is 307 g/mol. The fourth-order valence-electron chi connectivity index (χ4n) is 1.60. The van der Waals surface area contributed by atoms with Gasteiger partial charge in [0.2, 0.25) is 10.0 Å². The molecule has 19 heavy (non-hydrogen) atoms. The van der Waals surface area contributed by atoms with Gasteiger partial charge < -0.3 is 10.5 Å². The molecule has 0 atom stereocenters. The number of sulfonamides is 1. The largest absolute Gasteiger partial charge is 0.398 e. The summed E-state index contributed by atoms with van der Waals surface area (Å²) in [5.74, 6) is 0. The normalized spacial score (nSPS) is 11.7. The molecule has 0 aliphatic rings. The van der Waals surface area contributed by atoms with E-state index in [1.54, 1.807) is 7.11 Å². The van der Waals surface area contributed by atoms with Crippen molar-refractivity contribution < 1.29 is 13.2 Å². The average Bonchev–Trinajstić information content (AvgIpc) is 2.33. The van der Waals surface area contributed by atoms with E-state index in [1.807, 2.05) is 0 Å². The molecule has 0 heterocycles. The van der Waals surface area contributed by atoms with E-state index in [4.69, 9.17) is 22.1 Å². The minimum Gasteiger partial charge on any atom is -0.398 e. The molecule has 108 valence electrons. The van der Waals surface area contributed by atoms with Gasteiger partial charge in [-0.15, -0.1) is 0 Å². The van der Waals surface area contributed by atoms with E-state index in [0.717, 1.165) is 19.3 Å². The zero-order chi connectivity index (χ0) is 14.3. The molecule has 0 radical (unpaired) electrons. The first kappa shape index (κ1) is 16.2. The van der Waals surface area contributed by atoms with Crippen LogP contribution in [0.5, 0.6) is 0 Å². The van der Waals surface area contributed by atoms with Crippen molar-refractivity contribution in [1.82, 2.24) is 4.72 Å². The van der Waals surface area contributed by atoms with Gasteiger partial charge >= 0.3 is 0 Å². The quantitative estimate of drug-likeness (QED) is 0.568. The Hall–Kier alpha value is -0.820. The Morgan fingerprint density at radius 2 is 2.05 bits per heavy atom. The predicted octanol–water partition coefficient (Wildman–Crippen LogP) is 2.02. The van der Waals surface area contributed by atoms with Crippen LogP contribution in [0.3, 0.4) is 0 Å². The summed E-state index contributed by atoms with van der Waals surface area (Å²) in [6.07, 6.45) is 2.59. The van der Waals surface area contributed by atoms with Crippen LogP contribution in [0.1, 0.15) is 19.3 Å². The van der Waals surface area contributed by atoms with Gasteiger partial charge in [0, 0.05) is 25.3 Å². The van der Waals surface area contributed by atoms with Crippen molar-refractivity contribution in [2.24, 2.45) is 0 Å². The monoisotopic (exact) mass is 306 g/mol. The number of nitrogen functional groups attached to an aromatic ring is 1. The third-order valence-corrected chi connectivity index (χ3v) is 4.35. The van der Waals surface area contributed by atoms with E-state index in [-0.39, 0.29) is 10.6 Å². The summed E-state index contributed by atoms with van der Waals surface area (Å²) < 4.78 is 31.4. The van der Waals surface area contributed by atoms with Crippen molar-refractivity contribution >= 4 is 27.3 Å². The maximum atomic E-state index is 12.0. The zero-order valence-corrected chi connectivity index (χ0v) is 12.4. The van der Waals surface area contributed by atoms with Gasteiger partial charge in [-0.05, 0) is 37.5 Å². The molecule has 0 spiro atoms. The van der Waals surface area contributed by atoms with Crippen LogP contribution in [-0.4, -0.2) is 28.7 Å². The minimum atomic E-state index is -3.57. The number of methoxy groups -OCH3 is 1. The van der Waals surface area contributed by atoms with E-state index < -0.39 is 10.0 Å². The Morgan fingerprint density at radius 3 is 2.68 bits per heavy atom. The predicted molar refractivity (Wildman–Crippen MR) is 76.8 cm³/mol. The van der Waals surface area contributed by atoms with E-state index in [0.29, 0.717) is 18.2 Å². The molecule has 0 unspecified atom stereocenters. The second-order valence-electron chi connectivity index (χ2n) is 4.13. The molecule has 7 heteroatoms. The van der Waals surface area contributed by atoms with Crippen molar-refractivity contribution in [3.8, 4) is 0 Å². The van der Waals surface area contributed by atoms with Crippen molar-refractivity contribution in [3.63, 3.8) is 0 Å². The number of anilines is 1. The van der Waals surface area contributed by atoms with Crippen molar-refractivity contribution in [1.29, 1.82) is 0 Å². The molecule has 0 fully saturated rings. The lowest BCUT2D eigenvalue weighted by Crippen LogP contribution is -2.25. The standard InChI is InChI=1S/C12H19ClN2O3S/c1-18-8-4-2-3-7-15-19(16,17)12-6-5-10(13)9-11(12)14/h5-6,9,15H,2-4,7-8,14H2,1H3. The molecule has 0 aliphatic carbocycles. The number of ether oxygens (including phenoxy) is 1. The summed E-state index contributed by atoms with van der Waals surface area (Å²) in [6.45, 7) is 1.07. The molecular weight excluding hydrogens is 288 g/mol. The number of rotatable bonds is 8. The van der Waals surface area contributed by atoms with Gasteiger partial charge in [-0.25, -0.2) is 13.1 Å². The topological polar surface area (TPSA) is 81.4 Å². The summed E-state index contributed by atoms with van der Waals surface area (Å²) in [7, 11) is -1.92. The van der Waals surface area contributed by atoms with Gasteiger partial charge in [-0.3, -0.25) is 0 Å². The molecule has 0 saturated heterocycles. The van der Waals surface area contributed by atoms with Crippen molar-refractivity contribution in [3.05, 3.63) is 23.2 Å². The van der Waals surface area contributed by atoms with Gasteiger partial charge in [-0.1, -0.05) is 11.6 Å². The lowest BCUT2D eigenvalue weighted by molar-refractivity contribution is 0.192. The molecule has 0 bridgehead atoms. The number of nitrogens with two attached hydrogens (primary N) is 1. The molecule has 1 aromatic carbocycles. The van der Waals surface area contributed by atoms with E-state index in [9.17, 15) is 8.42 Å². The second kappa shape index (κ2) is 7.69. The molecule has 1 rings (SSSR count). The Kier molecular flexibility index (Phi) is 6.57. The maximum absolute atomic E-state index is 12.0. The van der Waals surface area contributed by atoms with Crippen LogP contribution in [0.4, 0.5) is 5.69 Å². The van der Waals surface area contributed by atoms with Gasteiger partial charge in [0.05, 0.1) is 5.69 Å². The van der Waals surface area contributed by atoms with Gasteiger partial charge in [0.1, 0.15) is 4.90 Å². The minimum absolute atomic E-state index is 0.0637. The molecule has 0 saturated carbocycles. The Morgan fingerprint density at radius 1 is 1.32 bits per heavy atom. The fraction of sp³-hybridized carbons (Fsp3) is 0.500. The van der Waals surface area contributed by atoms with Gasteiger partial charge in [0.25, 0.3) is 0 Å². The lowest BCUT2D eigenvalue weighted by Gasteiger charge is -2.09. The first-order valence-corrected chi connectivity index (χ1v) is 7.87. The van der Waals surface area contributed by atoms with E-state index in [2.05, 4.69) is 4.72 Å². The van der Waals surface area contributed by atoms with Crippen LogP contribution in [0.2, 0.25) is 5.02 Å². The van der Waals surface area contributed by atoms with Crippen LogP contribution in [0.25, 0.3) is 0 Å². The Balaban J connectivity index is 2.52. The highest BCUT2D eigenvalue weighted by Gasteiger charge is 2.16. The van der Waals surface area contributed by atoms with Crippen LogP contribution in [0.15, 0.2) is 23.1 Å². The maximum Gasteiger partial charge on any atom is 0.242 e. The van der Waals surface area contributed by atoms with Gasteiger partial charge in [-0.2, -0.15) is 0 Å². The third kappa shape index (κ3) is 5.36. The van der Waals surface area contributed by atoms with Crippen LogP contribution in [-0.2, 0) is 14.8 Å². The summed E-state index contributed by atoms with van der Waals surface area (Å²) >= 11 is 5.74. The van der Waals surface area contributed by atoms with Crippen molar-refractivity contribution in [2.45, 2.75) is 24.2 Å². The molecule has 3 N–H and O–H groups in total. The molecular formula is C12H19ClN2O3S. The SMILES string of the molecule is COCCCCCNS(=O)(=O)c1ccc(Cl)cc1N. The third-order valence-electron chi connectivity index (χ3n) is 2.58. The van der Waals surface area contributed by atoms with Crippen LogP contribution >= 0.6 is 11.6 Å². The van der Waals surface area contributed by atoms with Crippen molar-refractivity contribution in [2.75, 3.05) is 26.0 Å². The van der Waals surface area contributed by atoms with Crippen LogP contribution < -0.4 is 10.5 Å². The molecule has 1 aromatic rings. The molecule has 0 amide bonds. The summed E-state index contributed by atoms with van der Waals surface area (Å²) in [6, 6.07) is 4.34. The first-order chi connectivity index (χ1) is 8.97. The number of unbranched alkanes of at least 4 members (excludes halogenated alkanes) is 2. The summed E-state index contributed by atoms with van der Waals surface area (Å²) in [5.41, 5.74) is 5.81. The van der Waals surface area contributed by atoms with Crippen LogP contribution in [0, 0.1) is 0 Å². The summed E-state index contributed by atoms with van der Waals surface area (Å²) in [5, 5.41) is 0.413. The Bertz CT molecular complexity index is 506. The number of halogens is 1. The second-order valence-corrected chi connectivity index (χ2v) is 6.31. The molecule has 5 nitrogen and oxygen atoms in total.